The van der Waals surface area contributed by atoms with Crippen molar-refractivity contribution in [2.75, 3.05) is 26.4 Å². The molecular weight excluding hydrogens is 376 g/mol. The van der Waals surface area contributed by atoms with Crippen LogP contribution in [0.5, 0.6) is 17.2 Å². The first-order chi connectivity index (χ1) is 14.1. The number of carbonyl (C=O) groups excluding carboxylic acids is 1. The predicted octanol–water partition coefficient (Wildman–Crippen LogP) is 3.48. The van der Waals surface area contributed by atoms with E-state index in [0.717, 1.165) is 0 Å². The summed E-state index contributed by atoms with van der Waals surface area (Å²) in [5, 5.41) is 0.420. The molecule has 0 aliphatic carbocycles. The fourth-order valence-electron chi connectivity index (χ4n) is 3.25. The quantitative estimate of drug-likeness (QED) is 0.611. The molecule has 0 spiro atoms. The topological polar surface area (TPSA) is 84.2 Å². The van der Waals surface area contributed by atoms with Gasteiger partial charge >= 0.3 is 5.97 Å². The van der Waals surface area contributed by atoms with E-state index in [1.807, 2.05) is 6.07 Å². The third-order valence-corrected chi connectivity index (χ3v) is 4.53. The summed E-state index contributed by atoms with van der Waals surface area (Å²) in [6.07, 6.45) is 0. The zero-order valence-corrected chi connectivity index (χ0v) is 16.2. The number of carbonyl (C=O) groups is 1. The molecule has 0 bridgehead atoms. The standard InChI is InChI=1S/C22H20O7/c1-3-25-20(23)12-28-15-5-6-16-18(11-15)29-13(2)21(22(16)24)14-4-7-17-19(10-14)27-9-8-26-17/h4-7,10-11H,3,8-9,12H2,1-2H3. The third kappa shape index (κ3) is 3.76. The number of ether oxygens (including phenoxy) is 4. The van der Waals surface area contributed by atoms with E-state index in [2.05, 4.69) is 0 Å². The largest absolute Gasteiger partial charge is 0.486 e. The van der Waals surface area contributed by atoms with E-state index in [-0.39, 0.29) is 18.6 Å². The molecule has 1 aliphatic rings. The van der Waals surface area contributed by atoms with Crippen molar-refractivity contribution in [1.29, 1.82) is 0 Å². The molecule has 7 heteroatoms. The van der Waals surface area contributed by atoms with E-state index in [0.29, 0.717) is 58.3 Å². The zero-order chi connectivity index (χ0) is 20.4. The van der Waals surface area contributed by atoms with E-state index in [1.165, 1.54) is 0 Å². The lowest BCUT2D eigenvalue weighted by Gasteiger charge is -2.19. The van der Waals surface area contributed by atoms with Gasteiger partial charge in [-0.25, -0.2) is 4.79 Å². The molecule has 2 aromatic carbocycles. The number of aryl methyl sites for hydroxylation is 1. The molecule has 2 heterocycles. The van der Waals surface area contributed by atoms with Gasteiger partial charge in [-0.05, 0) is 43.7 Å². The Kier molecular flexibility index (Phi) is 5.12. The van der Waals surface area contributed by atoms with Crippen LogP contribution in [-0.4, -0.2) is 32.4 Å². The lowest BCUT2D eigenvalue weighted by Crippen LogP contribution is -2.15. The van der Waals surface area contributed by atoms with Gasteiger partial charge in [0, 0.05) is 6.07 Å². The van der Waals surface area contributed by atoms with Gasteiger partial charge in [-0.15, -0.1) is 0 Å². The molecule has 150 valence electrons. The van der Waals surface area contributed by atoms with Gasteiger partial charge in [-0.2, -0.15) is 0 Å². The van der Waals surface area contributed by atoms with Crippen LogP contribution in [-0.2, 0) is 9.53 Å². The molecule has 1 aromatic heterocycles. The number of hydrogen-bond acceptors (Lipinski definition) is 7. The van der Waals surface area contributed by atoms with Crippen LogP contribution in [0.15, 0.2) is 45.6 Å². The fourth-order valence-corrected chi connectivity index (χ4v) is 3.25. The number of fused-ring (bicyclic) bond motifs is 2. The second kappa shape index (κ2) is 7.87. The van der Waals surface area contributed by atoms with Gasteiger partial charge in [0.2, 0.25) is 5.43 Å². The molecule has 3 aromatic rings. The second-order valence-corrected chi connectivity index (χ2v) is 6.47. The number of benzene rings is 2. The number of esters is 1. The first kappa shape index (κ1) is 18.9. The van der Waals surface area contributed by atoms with E-state index in [9.17, 15) is 9.59 Å². The van der Waals surface area contributed by atoms with Gasteiger partial charge in [0.05, 0.1) is 17.6 Å². The van der Waals surface area contributed by atoms with Crippen molar-refractivity contribution in [2.24, 2.45) is 0 Å². The lowest BCUT2D eigenvalue weighted by molar-refractivity contribution is -0.145. The Morgan fingerprint density at radius 2 is 1.86 bits per heavy atom. The maximum absolute atomic E-state index is 13.1. The van der Waals surface area contributed by atoms with E-state index in [1.54, 1.807) is 44.2 Å². The molecule has 0 atom stereocenters. The van der Waals surface area contributed by atoms with Crippen LogP contribution in [0.1, 0.15) is 12.7 Å². The summed E-state index contributed by atoms with van der Waals surface area (Å²) in [6.45, 7) is 4.51. The molecule has 29 heavy (non-hydrogen) atoms. The van der Waals surface area contributed by atoms with Crippen LogP contribution < -0.4 is 19.6 Å². The molecule has 0 amide bonds. The minimum absolute atomic E-state index is 0.155. The van der Waals surface area contributed by atoms with Crippen LogP contribution in [0.4, 0.5) is 0 Å². The molecule has 7 nitrogen and oxygen atoms in total. The Balaban J connectivity index is 1.69. The first-order valence-electron chi connectivity index (χ1n) is 9.32. The second-order valence-electron chi connectivity index (χ2n) is 6.47. The van der Waals surface area contributed by atoms with Crippen LogP contribution in [0.2, 0.25) is 0 Å². The third-order valence-electron chi connectivity index (χ3n) is 4.53. The lowest BCUT2D eigenvalue weighted by atomic mass is 10.0. The molecule has 0 radical (unpaired) electrons. The summed E-state index contributed by atoms with van der Waals surface area (Å²) in [6, 6.07) is 10.2. The van der Waals surface area contributed by atoms with Crippen molar-refractivity contribution >= 4 is 16.9 Å². The van der Waals surface area contributed by atoms with Gasteiger partial charge < -0.3 is 23.4 Å². The fraction of sp³-hybridized carbons (Fsp3) is 0.273. The Bertz CT molecular complexity index is 1130. The van der Waals surface area contributed by atoms with E-state index < -0.39 is 5.97 Å². The Labute approximate surface area is 166 Å². The SMILES string of the molecule is CCOC(=O)COc1ccc2c(=O)c(-c3ccc4c(c3)OCCO4)c(C)oc2c1. The molecule has 0 unspecified atom stereocenters. The van der Waals surface area contributed by atoms with Crippen molar-refractivity contribution in [2.45, 2.75) is 13.8 Å². The summed E-state index contributed by atoms with van der Waals surface area (Å²) in [7, 11) is 0. The van der Waals surface area contributed by atoms with Crippen molar-refractivity contribution in [3.63, 3.8) is 0 Å². The van der Waals surface area contributed by atoms with Crippen molar-refractivity contribution < 1.29 is 28.2 Å². The minimum atomic E-state index is -0.459. The molecular formula is C22H20O7. The highest BCUT2D eigenvalue weighted by molar-refractivity contribution is 5.84. The molecule has 0 fully saturated rings. The molecule has 4 rings (SSSR count). The molecule has 1 aliphatic heterocycles. The maximum Gasteiger partial charge on any atom is 0.344 e. The Morgan fingerprint density at radius 3 is 2.66 bits per heavy atom. The average molecular weight is 396 g/mol. The highest BCUT2D eigenvalue weighted by Gasteiger charge is 2.18. The van der Waals surface area contributed by atoms with Gasteiger partial charge in [0.25, 0.3) is 0 Å². The zero-order valence-electron chi connectivity index (χ0n) is 16.2. The van der Waals surface area contributed by atoms with Gasteiger partial charge in [0.1, 0.15) is 30.3 Å². The minimum Gasteiger partial charge on any atom is -0.486 e. The first-order valence-corrected chi connectivity index (χ1v) is 9.32. The van der Waals surface area contributed by atoms with Crippen molar-refractivity contribution in [1.82, 2.24) is 0 Å². The normalized spacial score (nSPS) is 12.6. The number of rotatable bonds is 5. The Hall–Kier alpha value is -3.48. The maximum atomic E-state index is 13.1. The Morgan fingerprint density at radius 1 is 1.07 bits per heavy atom. The summed E-state index contributed by atoms with van der Waals surface area (Å²) >= 11 is 0. The van der Waals surface area contributed by atoms with Crippen LogP contribution >= 0.6 is 0 Å². The van der Waals surface area contributed by atoms with E-state index in [4.69, 9.17) is 23.4 Å². The molecule has 0 N–H and O–H groups in total. The van der Waals surface area contributed by atoms with E-state index >= 15 is 0 Å². The molecule has 0 saturated heterocycles. The van der Waals surface area contributed by atoms with Gasteiger partial charge in [0.15, 0.2) is 18.1 Å². The molecule has 0 saturated carbocycles. The monoisotopic (exact) mass is 396 g/mol. The van der Waals surface area contributed by atoms with Gasteiger partial charge in [-0.1, -0.05) is 6.07 Å². The summed E-state index contributed by atoms with van der Waals surface area (Å²) in [4.78, 5) is 24.6. The van der Waals surface area contributed by atoms with Crippen LogP contribution in [0.25, 0.3) is 22.1 Å². The number of hydrogen-bond donors (Lipinski definition) is 0. The average Bonchev–Trinajstić information content (AvgIpc) is 2.72. The van der Waals surface area contributed by atoms with Crippen LogP contribution in [0.3, 0.4) is 0 Å². The van der Waals surface area contributed by atoms with Gasteiger partial charge in [-0.3, -0.25) is 4.79 Å². The van der Waals surface area contributed by atoms with Crippen molar-refractivity contribution in [3.8, 4) is 28.4 Å². The smallest absolute Gasteiger partial charge is 0.344 e. The highest BCUT2D eigenvalue weighted by atomic mass is 16.6. The van der Waals surface area contributed by atoms with Crippen molar-refractivity contribution in [3.05, 3.63) is 52.4 Å². The van der Waals surface area contributed by atoms with Crippen LogP contribution in [0, 0.1) is 6.92 Å². The predicted molar refractivity (Wildman–Crippen MR) is 106 cm³/mol. The summed E-state index contributed by atoms with van der Waals surface area (Å²) in [5.41, 5.74) is 1.40. The summed E-state index contributed by atoms with van der Waals surface area (Å²) in [5.74, 6) is 1.70. The highest BCUT2D eigenvalue weighted by Crippen LogP contribution is 2.35. The summed E-state index contributed by atoms with van der Waals surface area (Å²) < 4.78 is 27.3.